The number of hydroxylamine groups is 1. The molecule has 4 N–H and O–H groups in total. The number of carbonyl (C=O) groups excluding carboxylic acids is 1. The van der Waals surface area contributed by atoms with E-state index < -0.39 is 15.4 Å². The van der Waals surface area contributed by atoms with Crippen molar-refractivity contribution in [3.05, 3.63) is 46.5 Å². The SMILES string of the molecule is CC(C)CC[C@@]1(C)C(=O)C(C2=NSc3c(sc(O)c3CNS(C)(=O)=O)N2O)=C(O)c2ccccc21. The Labute approximate surface area is 212 Å². The van der Waals surface area contributed by atoms with Gasteiger partial charge in [0, 0.05) is 29.6 Å². The number of aromatic hydroxyl groups is 1. The van der Waals surface area contributed by atoms with Gasteiger partial charge < -0.3 is 10.2 Å². The predicted molar refractivity (Wildman–Crippen MR) is 138 cm³/mol. The molecule has 0 saturated heterocycles. The molecule has 2 aliphatic rings. The van der Waals surface area contributed by atoms with Gasteiger partial charge in [0.05, 0.1) is 16.6 Å². The first-order chi connectivity index (χ1) is 16.3. The molecular weight excluding hydrogens is 510 g/mol. The molecule has 0 radical (unpaired) electrons. The Morgan fingerprint density at radius 1 is 1.23 bits per heavy atom. The molecule has 0 fully saturated rings. The van der Waals surface area contributed by atoms with Crippen LogP contribution in [0.1, 0.15) is 50.3 Å². The van der Waals surface area contributed by atoms with Crippen LogP contribution in [0.5, 0.6) is 5.06 Å². The van der Waals surface area contributed by atoms with Gasteiger partial charge in [0.2, 0.25) is 10.0 Å². The van der Waals surface area contributed by atoms with Crippen molar-refractivity contribution in [3.63, 3.8) is 0 Å². The van der Waals surface area contributed by atoms with Gasteiger partial charge in [0.15, 0.2) is 16.7 Å². The van der Waals surface area contributed by atoms with Crippen LogP contribution in [0, 0.1) is 5.92 Å². The second-order valence-corrected chi connectivity index (χ2v) is 12.9. The van der Waals surface area contributed by atoms with E-state index >= 15 is 0 Å². The molecule has 0 bridgehead atoms. The molecule has 2 heterocycles. The fraction of sp³-hybridized carbons (Fsp3) is 0.391. The number of aliphatic hydroxyl groups is 1. The number of amidine groups is 1. The van der Waals surface area contributed by atoms with Crippen LogP contribution in [0.25, 0.3) is 5.76 Å². The molecular formula is C23H27N3O6S3. The van der Waals surface area contributed by atoms with Gasteiger partial charge >= 0.3 is 0 Å². The van der Waals surface area contributed by atoms with E-state index in [1.54, 1.807) is 12.1 Å². The van der Waals surface area contributed by atoms with Crippen molar-refractivity contribution in [2.24, 2.45) is 10.3 Å². The van der Waals surface area contributed by atoms with Crippen molar-refractivity contribution in [3.8, 4) is 5.06 Å². The van der Waals surface area contributed by atoms with Crippen molar-refractivity contribution in [2.45, 2.75) is 50.5 Å². The van der Waals surface area contributed by atoms with Crippen molar-refractivity contribution in [1.29, 1.82) is 0 Å². The first kappa shape index (κ1) is 25.7. The van der Waals surface area contributed by atoms with Gasteiger partial charge in [-0.2, -0.15) is 9.46 Å². The zero-order valence-corrected chi connectivity index (χ0v) is 22.1. The molecule has 0 spiro atoms. The van der Waals surface area contributed by atoms with Crippen LogP contribution in [-0.2, 0) is 26.8 Å². The van der Waals surface area contributed by atoms with Crippen molar-refractivity contribution < 1.29 is 28.6 Å². The highest BCUT2D eigenvalue weighted by Gasteiger charge is 2.47. The summed E-state index contributed by atoms with van der Waals surface area (Å²) in [5.41, 5.74) is 0.469. The lowest BCUT2D eigenvalue weighted by Gasteiger charge is -2.37. The number of aliphatic hydroxyl groups excluding tert-OH is 1. The smallest absolute Gasteiger partial charge is 0.209 e. The second-order valence-electron chi connectivity index (χ2n) is 9.29. The van der Waals surface area contributed by atoms with Gasteiger partial charge in [-0.05, 0) is 31.2 Å². The van der Waals surface area contributed by atoms with E-state index in [-0.39, 0.29) is 45.1 Å². The maximum absolute atomic E-state index is 13.9. The highest BCUT2D eigenvalue weighted by atomic mass is 32.2. The topological polar surface area (TPSA) is 140 Å². The summed E-state index contributed by atoms with van der Waals surface area (Å²) >= 11 is 1.73. The van der Waals surface area contributed by atoms with Crippen molar-refractivity contribution in [1.82, 2.24) is 4.72 Å². The number of fused-ring (bicyclic) bond motifs is 2. The Bertz CT molecular complexity index is 1360. The molecule has 1 atom stereocenters. The van der Waals surface area contributed by atoms with Crippen LogP contribution in [0.3, 0.4) is 0 Å². The molecule has 1 aromatic heterocycles. The first-order valence-electron chi connectivity index (χ1n) is 11.0. The summed E-state index contributed by atoms with van der Waals surface area (Å²) in [7, 11) is -3.52. The lowest BCUT2D eigenvalue weighted by molar-refractivity contribution is -0.120. The number of hydrogen-bond donors (Lipinski definition) is 4. The largest absolute Gasteiger partial charge is 0.506 e. The summed E-state index contributed by atoms with van der Waals surface area (Å²) in [6.07, 6.45) is 2.34. The fourth-order valence-corrected chi connectivity index (χ4v) is 6.61. The van der Waals surface area contributed by atoms with Crippen LogP contribution in [0.2, 0.25) is 0 Å². The maximum atomic E-state index is 13.9. The third-order valence-corrected chi connectivity index (χ3v) is 8.93. The molecule has 1 aliphatic heterocycles. The van der Waals surface area contributed by atoms with Gasteiger partial charge in [-0.3, -0.25) is 10.0 Å². The number of rotatable bonds is 7. The van der Waals surface area contributed by atoms with Crippen LogP contribution < -0.4 is 9.79 Å². The van der Waals surface area contributed by atoms with Crippen molar-refractivity contribution in [2.75, 3.05) is 11.3 Å². The molecule has 2 aromatic rings. The van der Waals surface area contributed by atoms with Gasteiger partial charge in [-0.1, -0.05) is 49.4 Å². The van der Waals surface area contributed by atoms with Crippen LogP contribution >= 0.6 is 23.3 Å². The standard InChI is InChI=1S/C23H27N3O6S3/c1-12(2)9-10-23(3)15-8-6-5-7-13(15)17(27)16(19(23)28)20-25-34-18-14(11-24-35(4,31)32)22(29)33-21(18)26(20)30/h5-8,12,24,27,29-30H,9-11H2,1-4H3/t23-/m1/s1. The number of nitrogens with one attached hydrogen (secondary N) is 1. The highest BCUT2D eigenvalue weighted by Crippen LogP contribution is 2.51. The van der Waals surface area contributed by atoms with E-state index in [1.807, 2.05) is 19.1 Å². The van der Waals surface area contributed by atoms with E-state index in [0.717, 1.165) is 41.5 Å². The lowest BCUT2D eigenvalue weighted by atomic mass is 9.66. The molecule has 0 unspecified atom stereocenters. The number of Topliss-reactive ketones (excluding diaryl/α,β-unsaturated/α-hetero) is 1. The summed E-state index contributed by atoms with van der Waals surface area (Å²) in [6.45, 7) is 5.82. The van der Waals surface area contributed by atoms with Crippen LogP contribution in [-0.4, -0.2) is 41.7 Å². The van der Waals surface area contributed by atoms with Gasteiger partial charge in [-0.25, -0.2) is 13.1 Å². The zero-order valence-electron chi connectivity index (χ0n) is 19.7. The van der Waals surface area contributed by atoms with Gasteiger partial charge in [-0.15, -0.1) is 0 Å². The minimum atomic E-state index is -3.52. The molecule has 188 valence electrons. The molecule has 4 rings (SSSR count). The number of sulfonamides is 1. The van der Waals surface area contributed by atoms with E-state index in [1.165, 1.54) is 0 Å². The first-order valence-corrected chi connectivity index (χ1v) is 14.4. The Balaban J connectivity index is 1.78. The number of thiophene rings is 1. The van der Waals surface area contributed by atoms with Gasteiger partial charge in [0.25, 0.3) is 0 Å². The zero-order chi connectivity index (χ0) is 25.7. The minimum Gasteiger partial charge on any atom is -0.506 e. The number of hydrogen-bond acceptors (Lipinski definition) is 10. The Morgan fingerprint density at radius 3 is 2.57 bits per heavy atom. The summed E-state index contributed by atoms with van der Waals surface area (Å²) in [5.74, 6) is -0.397. The van der Waals surface area contributed by atoms with E-state index in [4.69, 9.17) is 0 Å². The predicted octanol–water partition coefficient (Wildman–Crippen LogP) is 4.36. The monoisotopic (exact) mass is 537 g/mol. The molecule has 35 heavy (non-hydrogen) atoms. The van der Waals surface area contributed by atoms with Crippen LogP contribution in [0.15, 0.2) is 39.1 Å². The normalized spacial score (nSPS) is 20.2. The summed E-state index contributed by atoms with van der Waals surface area (Å²) in [5, 5.41) is 33.3. The quantitative estimate of drug-likeness (QED) is 0.382. The summed E-state index contributed by atoms with van der Waals surface area (Å²) in [4.78, 5) is 14.3. The van der Waals surface area contributed by atoms with Crippen molar-refractivity contribution >= 4 is 55.7 Å². The second kappa shape index (κ2) is 9.25. The molecule has 0 saturated carbocycles. The molecule has 1 aromatic carbocycles. The Morgan fingerprint density at radius 2 is 1.91 bits per heavy atom. The number of benzene rings is 1. The van der Waals surface area contributed by atoms with Gasteiger partial charge in [0.1, 0.15) is 16.3 Å². The summed E-state index contributed by atoms with van der Waals surface area (Å²) in [6, 6.07) is 7.18. The number of ketones is 1. The van der Waals surface area contributed by atoms with E-state index in [0.29, 0.717) is 27.9 Å². The molecule has 1 aliphatic carbocycles. The molecule has 12 heteroatoms. The highest BCUT2D eigenvalue weighted by molar-refractivity contribution is 7.98. The Hall–Kier alpha value is -2.38. The van der Waals surface area contributed by atoms with Crippen LogP contribution in [0.4, 0.5) is 5.00 Å². The average Bonchev–Trinajstić information content (AvgIpc) is 3.12. The fourth-order valence-electron chi connectivity index (χ4n) is 4.24. The molecule has 0 amide bonds. The Kier molecular flexibility index (Phi) is 6.79. The van der Waals surface area contributed by atoms with E-state index in [9.17, 15) is 28.6 Å². The number of carbonyl (C=O) groups is 1. The summed E-state index contributed by atoms with van der Waals surface area (Å²) < 4.78 is 29.6. The lowest BCUT2D eigenvalue weighted by Crippen LogP contribution is -2.44. The maximum Gasteiger partial charge on any atom is 0.209 e. The third kappa shape index (κ3) is 4.60. The minimum absolute atomic E-state index is 0.0979. The molecule has 9 nitrogen and oxygen atoms in total. The third-order valence-electron chi connectivity index (χ3n) is 6.23. The number of nitrogens with zero attached hydrogens (tertiary/aromatic N) is 2. The number of anilines is 1. The average molecular weight is 538 g/mol. The van der Waals surface area contributed by atoms with E-state index in [2.05, 4.69) is 23.0 Å².